The maximum Gasteiger partial charge on any atom is 0.346 e. The molecule has 3 N–H and O–H groups in total. The van der Waals surface area contributed by atoms with Crippen molar-refractivity contribution in [2.45, 2.75) is 0 Å². The number of thiophene rings is 1. The minimum atomic E-state index is -0.749. The molecule has 0 aliphatic rings. The number of rotatable bonds is 3. The highest BCUT2D eigenvalue weighted by atomic mass is 32.1. The number of esters is 1. The van der Waals surface area contributed by atoms with Gasteiger partial charge < -0.3 is 10.5 Å². The number of carbonyl (C=O) groups is 1. The summed E-state index contributed by atoms with van der Waals surface area (Å²) >= 11 is 1.33. The van der Waals surface area contributed by atoms with Crippen molar-refractivity contribution in [2.75, 3.05) is 0 Å². The molecule has 0 bridgehead atoms. The first-order valence-corrected chi connectivity index (χ1v) is 7.21. The van der Waals surface area contributed by atoms with Crippen molar-refractivity contribution in [1.29, 1.82) is 5.41 Å². The lowest BCUT2D eigenvalue weighted by atomic mass is 10.2. The third kappa shape index (κ3) is 2.68. The Kier molecular flexibility index (Phi) is 3.60. The summed E-state index contributed by atoms with van der Waals surface area (Å²) in [6, 6.07) is 12.5. The molecule has 0 amide bonds. The number of nitrogens with two attached hydrogens (primary N) is 1. The predicted octanol–water partition coefficient (Wildman–Crippen LogP) is 3.54. The first-order chi connectivity index (χ1) is 10.5. The number of nitrogen functional groups attached to an aromatic ring is 1. The topological polar surface area (TPSA) is 76.2 Å². The van der Waals surface area contributed by atoms with Crippen molar-refractivity contribution >= 4 is 33.2 Å². The number of hydrogen-bond donors (Lipinski definition) is 2. The summed E-state index contributed by atoms with van der Waals surface area (Å²) < 4.78 is 19.6. The van der Waals surface area contributed by atoms with Gasteiger partial charge in [-0.1, -0.05) is 12.1 Å². The van der Waals surface area contributed by atoms with Crippen molar-refractivity contribution in [1.82, 2.24) is 0 Å². The molecular formula is C16H11FN2O2S. The first-order valence-electron chi connectivity index (χ1n) is 6.39. The number of nitrogens with one attached hydrogen (secondary N) is 1. The largest absolute Gasteiger partial charge is 0.423 e. The summed E-state index contributed by atoms with van der Waals surface area (Å²) in [5.74, 6) is -1.06. The molecule has 0 spiro atoms. The van der Waals surface area contributed by atoms with E-state index in [9.17, 15) is 9.18 Å². The van der Waals surface area contributed by atoms with E-state index in [4.69, 9.17) is 15.9 Å². The van der Waals surface area contributed by atoms with E-state index in [1.54, 1.807) is 30.3 Å². The molecule has 3 rings (SSSR count). The van der Waals surface area contributed by atoms with E-state index in [1.165, 1.54) is 29.5 Å². The average Bonchev–Trinajstić information content (AvgIpc) is 2.91. The summed E-state index contributed by atoms with van der Waals surface area (Å²) in [5, 5.41) is 8.34. The fourth-order valence-corrected chi connectivity index (χ4v) is 2.95. The van der Waals surface area contributed by atoms with E-state index in [0.717, 1.165) is 10.1 Å². The van der Waals surface area contributed by atoms with E-state index < -0.39 is 11.8 Å². The molecule has 22 heavy (non-hydrogen) atoms. The van der Waals surface area contributed by atoms with Crippen LogP contribution in [0, 0.1) is 11.2 Å². The second-order valence-electron chi connectivity index (χ2n) is 4.59. The fourth-order valence-electron chi connectivity index (χ4n) is 2.00. The molecular weight excluding hydrogens is 303 g/mol. The Morgan fingerprint density at radius 3 is 2.68 bits per heavy atom. The highest BCUT2D eigenvalue weighted by Crippen LogP contribution is 2.29. The first kappa shape index (κ1) is 14.2. The molecule has 0 saturated carbocycles. The van der Waals surface area contributed by atoms with Gasteiger partial charge >= 0.3 is 5.97 Å². The fraction of sp³-hybridized carbons (Fsp3) is 0. The lowest BCUT2D eigenvalue weighted by molar-refractivity contribution is 0.0730. The van der Waals surface area contributed by atoms with E-state index in [0.29, 0.717) is 10.6 Å². The van der Waals surface area contributed by atoms with Gasteiger partial charge in [-0.3, -0.25) is 5.41 Å². The Labute approximate surface area is 129 Å². The molecule has 110 valence electrons. The number of hydrogen-bond acceptors (Lipinski definition) is 4. The second kappa shape index (κ2) is 5.57. The molecule has 1 aromatic heterocycles. The molecule has 0 unspecified atom stereocenters. The molecule has 0 aliphatic heterocycles. The number of halogens is 1. The maximum absolute atomic E-state index is 13.6. The summed E-state index contributed by atoms with van der Waals surface area (Å²) in [4.78, 5) is 12.6. The van der Waals surface area contributed by atoms with Crippen molar-refractivity contribution in [3.8, 4) is 5.75 Å². The Bertz CT molecular complexity index is 889. The van der Waals surface area contributed by atoms with Gasteiger partial charge in [0.1, 0.15) is 17.4 Å². The third-order valence-electron chi connectivity index (χ3n) is 3.06. The van der Waals surface area contributed by atoms with Gasteiger partial charge in [0.25, 0.3) is 0 Å². The highest BCUT2D eigenvalue weighted by Gasteiger charge is 2.14. The van der Waals surface area contributed by atoms with Gasteiger partial charge in [0.05, 0.1) is 10.4 Å². The Hall–Kier alpha value is -2.73. The normalized spacial score (nSPS) is 10.6. The van der Waals surface area contributed by atoms with Crippen molar-refractivity contribution in [3.05, 3.63) is 64.8 Å². The Morgan fingerprint density at radius 2 is 1.95 bits per heavy atom. The van der Waals surface area contributed by atoms with Crippen LogP contribution in [0.2, 0.25) is 0 Å². The van der Waals surface area contributed by atoms with Crippen molar-refractivity contribution in [2.24, 2.45) is 5.73 Å². The van der Waals surface area contributed by atoms with Gasteiger partial charge in [-0.15, -0.1) is 11.3 Å². The molecule has 6 heteroatoms. The minimum Gasteiger partial charge on any atom is -0.423 e. The summed E-state index contributed by atoms with van der Waals surface area (Å²) in [5.41, 5.74) is 5.34. The molecule has 0 atom stereocenters. The zero-order valence-electron chi connectivity index (χ0n) is 11.3. The number of benzene rings is 2. The molecule has 0 saturated heterocycles. The highest BCUT2D eigenvalue weighted by molar-refractivity contribution is 7.20. The number of fused-ring (bicyclic) bond motifs is 1. The van der Waals surface area contributed by atoms with Crippen LogP contribution in [0.1, 0.15) is 15.2 Å². The summed E-state index contributed by atoms with van der Waals surface area (Å²) in [6.07, 6.45) is 0. The van der Waals surface area contributed by atoms with Crippen LogP contribution >= 0.6 is 11.3 Å². The van der Waals surface area contributed by atoms with Crippen LogP contribution < -0.4 is 10.5 Å². The van der Waals surface area contributed by atoms with Crippen LogP contribution in [0.25, 0.3) is 10.1 Å². The van der Waals surface area contributed by atoms with Crippen molar-refractivity contribution < 1.29 is 13.9 Å². The summed E-state index contributed by atoms with van der Waals surface area (Å²) in [6.45, 7) is 0. The molecule has 2 aromatic carbocycles. The minimum absolute atomic E-state index is 0.00824. The van der Waals surface area contributed by atoms with E-state index in [1.807, 2.05) is 0 Å². The molecule has 4 nitrogen and oxygen atoms in total. The smallest absolute Gasteiger partial charge is 0.346 e. The van der Waals surface area contributed by atoms with Gasteiger partial charge in [0.2, 0.25) is 0 Å². The molecule has 3 aromatic rings. The van der Waals surface area contributed by atoms with Crippen molar-refractivity contribution in [3.63, 3.8) is 0 Å². The quantitative estimate of drug-likeness (QED) is 0.336. The Morgan fingerprint density at radius 1 is 1.18 bits per heavy atom. The average molecular weight is 314 g/mol. The lowest BCUT2D eigenvalue weighted by Gasteiger charge is -2.05. The lowest BCUT2D eigenvalue weighted by Crippen LogP contribution is -2.10. The standard InChI is InChI=1S/C16H11FN2O2S/c17-12-4-2-1-3-11(12)16(20)21-10-6-5-9-7-14(15(18)19)22-13(9)8-10/h1-8H,(H3,18,19). The van der Waals surface area contributed by atoms with Crippen LogP contribution in [0.15, 0.2) is 48.5 Å². The Balaban J connectivity index is 1.89. The van der Waals surface area contributed by atoms with Crippen LogP contribution in [0.4, 0.5) is 4.39 Å². The van der Waals surface area contributed by atoms with E-state index in [-0.39, 0.29) is 11.4 Å². The van der Waals surface area contributed by atoms with E-state index >= 15 is 0 Å². The third-order valence-corrected chi connectivity index (χ3v) is 4.19. The molecule has 0 fully saturated rings. The van der Waals surface area contributed by atoms with Gasteiger partial charge in [-0.05, 0) is 41.8 Å². The van der Waals surface area contributed by atoms with Crippen LogP contribution in [0.5, 0.6) is 5.75 Å². The molecule has 1 heterocycles. The van der Waals surface area contributed by atoms with Gasteiger partial charge in [-0.25, -0.2) is 9.18 Å². The van der Waals surface area contributed by atoms with Crippen LogP contribution in [0.3, 0.4) is 0 Å². The number of amidine groups is 1. The van der Waals surface area contributed by atoms with E-state index in [2.05, 4.69) is 0 Å². The van der Waals surface area contributed by atoms with Crippen LogP contribution in [-0.4, -0.2) is 11.8 Å². The monoisotopic (exact) mass is 314 g/mol. The zero-order valence-corrected chi connectivity index (χ0v) is 12.1. The van der Waals surface area contributed by atoms with Crippen LogP contribution in [-0.2, 0) is 0 Å². The summed E-state index contributed by atoms with van der Waals surface area (Å²) in [7, 11) is 0. The van der Waals surface area contributed by atoms with Gasteiger partial charge in [0, 0.05) is 4.70 Å². The van der Waals surface area contributed by atoms with Gasteiger partial charge in [0.15, 0.2) is 0 Å². The predicted molar refractivity (Wildman–Crippen MR) is 84.2 cm³/mol. The maximum atomic E-state index is 13.6. The molecule has 0 aliphatic carbocycles. The SMILES string of the molecule is N=C(N)c1cc2ccc(OC(=O)c3ccccc3F)cc2s1. The molecule has 0 radical (unpaired) electrons. The number of carbonyl (C=O) groups excluding carboxylic acids is 1. The second-order valence-corrected chi connectivity index (χ2v) is 5.68. The number of ether oxygens (including phenoxy) is 1. The van der Waals surface area contributed by atoms with Gasteiger partial charge in [-0.2, -0.15) is 0 Å². The zero-order chi connectivity index (χ0) is 15.7.